The standard InChI is InChI=1S/C25H20BrClN2O3/c1-16-4-3-5-21(10-16)29-25(30)19(14-28)11-18-12-23(31-2)24(13-22(18)26)32-15-17-6-8-20(27)9-7-17/h3-13H,15H2,1-2H3,(H,29,30). The number of hydrogen-bond donors (Lipinski definition) is 1. The van der Waals surface area contributed by atoms with Crippen molar-refractivity contribution in [1.82, 2.24) is 0 Å². The number of ether oxygens (including phenoxy) is 2. The monoisotopic (exact) mass is 510 g/mol. The van der Waals surface area contributed by atoms with Crippen LogP contribution in [0.4, 0.5) is 5.69 Å². The van der Waals surface area contributed by atoms with Gasteiger partial charge in [-0.2, -0.15) is 5.26 Å². The van der Waals surface area contributed by atoms with Crippen molar-refractivity contribution in [1.29, 1.82) is 5.26 Å². The van der Waals surface area contributed by atoms with E-state index in [2.05, 4.69) is 21.2 Å². The summed E-state index contributed by atoms with van der Waals surface area (Å²) in [4.78, 5) is 12.6. The first kappa shape index (κ1) is 23.4. The van der Waals surface area contributed by atoms with Crippen LogP contribution in [-0.4, -0.2) is 13.0 Å². The van der Waals surface area contributed by atoms with E-state index >= 15 is 0 Å². The van der Waals surface area contributed by atoms with Gasteiger partial charge in [-0.15, -0.1) is 0 Å². The van der Waals surface area contributed by atoms with Crippen molar-refractivity contribution < 1.29 is 14.3 Å². The van der Waals surface area contributed by atoms with Crippen LogP contribution >= 0.6 is 27.5 Å². The summed E-state index contributed by atoms with van der Waals surface area (Å²) in [7, 11) is 1.53. The third-order valence-electron chi connectivity index (χ3n) is 4.53. The maximum Gasteiger partial charge on any atom is 0.266 e. The van der Waals surface area contributed by atoms with Crippen molar-refractivity contribution >= 4 is 45.2 Å². The lowest BCUT2D eigenvalue weighted by Crippen LogP contribution is -2.13. The topological polar surface area (TPSA) is 71.3 Å². The minimum atomic E-state index is -0.493. The van der Waals surface area contributed by atoms with Gasteiger partial charge in [0.1, 0.15) is 18.2 Å². The maximum absolute atomic E-state index is 12.6. The lowest BCUT2D eigenvalue weighted by molar-refractivity contribution is -0.112. The maximum atomic E-state index is 12.6. The number of anilines is 1. The highest BCUT2D eigenvalue weighted by atomic mass is 79.9. The van der Waals surface area contributed by atoms with Crippen LogP contribution in [0.3, 0.4) is 0 Å². The molecule has 3 rings (SSSR count). The first-order valence-corrected chi connectivity index (χ1v) is 10.8. The summed E-state index contributed by atoms with van der Waals surface area (Å²) in [6, 6.07) is 20.1. The van der Waals surface area contributed by atoms with Gasteiger partial charge < -0.3 is 14.8 Å². The Morgan fingerprint density at radius 3 is 2.56 bits per heavy atom. The van der Waals surface area contributed by atoms with Crippen LogP contribution in [0.15, 0.2) is 70.7 Å². The number of nitrogens with one attached hydrogen (secondary N) is 1. The molecule has 0 aromatic heterocycles. The molecule has 7 heteroatoms. The van der Waals surface area contributed by atoms with E-state index in [1.807, 2.05) is 43.3 Å². The lowest BCUT2D eigenvalue weighted by Gasteiger charge is -2.13. The molecule has 0 saturated heterocycles. The van der Waals surface area contributed by atoms with Crippen molar-refractivity contribution in [3.8, 4) is 17.6 Å². The number of nitrogens with zero attached hydrogens (tertiary/aromatic N) is 1. The van der Waals surface area contributed by atoms with E-state index in [9.17, 15) is 10.1 Å². The van der Waals surface area contributed by atoms with Gasteiger partial charge in [0.25, 0.3) is 5.91 Å². The van der Waals surface area contributed by atoms with E-state index in [1.165, 1.54) is 13.2 Å². The zero-order valence-corrected chi connectivity index (χ0v) is 19.8. The highest BCUT2D eigenvalue weighted by Crippen LogP contribution is 2.35. The molecule has 3 aromatic rings. The Balaban J connectivity index is 1.81. The molecule has 0 aliphatic carbocycles. The van der Waals surface area contributed by atoms with Crippen molar-refractivity contribution in [3.63, 3.8) is 0 Å². The van der Waals surface area contributed by atoms with Crippen LogP contribution in [0.25, 0.3) is 6.08 Å². The van der Waals surface area contributed by atoms with Crippen LogP contribution in [-0.2, 0) is 11.4 Å². The lowest BCUT2D eigenvalue weighted by atomic mass is 10.1. The molecule has 0 atom stereocenters. The Bertz CT molecular complexity index is 1200. The summed E-state index contributed by atoms with van der Waals surface area (Å²) >= 11 is 9.41. The zero-order valence-electron chi connectivity index (χ0n) is 17.5. The Morgan fingerprint density at radius 1 is 1.16 bits per heavy atom. The second-order valence-corrected chi connectivity index (χ2v) is 8.22. The molecule has 32 heavy (non-hydrogen) atoms. The van der Waals surface area contributed by atoms with Gasteiger partial charge in [-0.05, 0) is 66.1 Å². The fourth-order valence-corrected chi connectivity index (χ4v) is 3.46. The predicted octanol–water partition coefficient (Wildman–Crippen LogP) is 6.54. The molecule has 0 saturated carbocycles. The molecule has 5 nitrogen and oxygen atoms in total. The average Bonchev–Trinajstić information content (AvgIpc) is 2.78. The third kappa shape index (κ3) is 6.13. The number of carbonyl (C=O) groups excluding carboxylic acids is 1. The molecule has 0 radical (unpaired) electrons. The summed E-state index contributed by atoms with van der Waals surface area (Å²) in [5, 5.41) is 12.9. The molecule has 1 amide bonds. The molecular formula is C25H20BrClN2O3. The first-order chi connectivity index (χ1) is 15.4. The summed E-state index contributed by atoms with van der Waals surface area (Å²) in [6.07, 6.45) is 1.50. The highest BCUT2D eigenvalue weighted by molar-refractivity contribution is 9.10. The van der Waals surface area contributed by atoms with E-state index in [1.54, 1.807) is 30.3 Å². The highest BCUT2D eigenvalue weighted by Gasteiger charge is 2.14. The van der Waals surface area contributed by atoms with Crippen molar-refractivity contribution in [2.24, 2.45) is 0 Å². The number of rotatable bonds is 7. The number of nitriles is 1. The molecule has 3 aromatic carbocycles. The normalized spacial score (nSPS) is 10.9. The Kier molecular flexibility index (Phi) is 7.93. The van der Waals surface area contributed by atoms with Gasteiger partial charge in [0.05, 0.1) is 7.11 Å². The fraction of sp³-hybridized carbons (Fsp3) is 0.120. The molecule has 0 aliphatic rings. The molecule has 0 fully saturated rings. The second-order valence-electron chi connectivity index (χ2n) is 6.93. The van der Waals surface area contributed by atoms with Crippen LogP contribution in [0.1, 0.15) is 16.7 Å². The smallest absolute Gasteiger partial charge is 0.266 e. The van der Waals surface area contributed by atoms with Gasteiger partial charge in [0.2, 0.25) is 0 Å². The Hall–Kier alpha value is -3.27. The fourth-order valence-electron chi connectivity index (χ4n) is 2.90. The average molecular weight is 512 g/mol. The predicted molar refractivity (Wildman–Crippen MR) is 130 cm³/mol. The molecule has 1 N–H and O–H groups in total. The van der Waals surface area contributed by atoms with Crippen molar-refractivity contribution in [3.05, 3.63) is 92.4 Å². The van der Waals surface area contributed by atoms with Gasteiger partial charge in [-0.25, -0.2) is 0 Å². The summed E-state index contributed by atoms with van der Waals surface area (Å²) in [5.41, 5.74) is 3.16. The number of aryl methyl sites for hydroxylation is 1. The van der Waals surface area contributed by atoms with Gasteiger partial charge in [-0.3, -0.25) is 4.79 Å². The van der Waals surface area contributed by atoms with Gasteiger partial charge >= 0.3 is 0 Å². The number of amides is 1. The molecule has 0 unspecified atom stereocenters. The van der Waals surface area contributed by atoms with Crippen molar-refractivity contribution in [2.75, 3.05) is 12.4 Å². The zero-order chi connectivity index (χ0) is 23.1. The molecule has 0 heterocycles. The van der Waals surface area contributed by atoms with Gasteiger partial charge in [0, 0.05) is 15.2 Å². The Labute approximate surface area is 200 Å². The molecule has 0 bridgehead atoms. The number of halogens is 2. The van der Waals surface area contributed by atoms with E-state index in [0.717, 1.165) is 11.1 Å². The summed E-state index contributed by atoms with van der Waals surface area (Å²) in [6.45, 7) is 2.26. The minimum absolute atomic E-state index is 0.0379. The molecular weight excluding hydrogens is 492 g/mol. The first-order valence-electron chi connectivity index (χ1n) is 9.64. The third-order valence-corrected chi connectivity index (χ3v) is 5.47. The molecule has 162 valence electrons. The van der Waals surface area contributed by atoms with Crippen LogP contribution in [0.5, 0.6) is 11.5 Å². The van der Waals surface area contributed by atoms with Crippen LogP contribution < -0.4 is 14.8 Å². The quantitative estimate of drug-likeness (QED) is 0.289. The molecule has 0 aliphatic heterocycles. The minimum Gasteiger partial charge on any atom is -0.493 e. The van der Waals surface area contributed by atoms with E-state index in [4.69, 9.17) is 21.1 Å². The SMILES string of the molecule is COc1cc(C=C(C#N)C(=O)Nc2cccc(C)c2)c(Br)cc1OCc1ccc(Cl)cc1. The number of carbonyl (C=O) groups is 1. The van der Waals surface area contributed by atoms with Crippen LogP contribution in [0, 0.1) is 18.3 Å². The van der Waals surface area contributed by atoms with Crippen LogP contribution in [0.2, 0.25) is 5.02 Å². The van der Waals surface area contributed by atoms with Crippen molar-refractivity contribution in [2.45, 2.75) is 13.5 Å². The molecule has 0 spiro atoms. The van der Waals surface area contributed by atoms with E-state index < -0.39 is 5.91 Å². The second kappa shape index (κ2) is 10.9. The summed E-state index contributed by atoms with van der Waals surface area (Å²) in [5.74, 6) is 0.506. The number of methoxy groups -OCH3 is 1. The van der Waals surface area contributed by atoms with Gasteiger partial charge in [-0.1, -0.05) is 51.8 Å². The van der Waals surface area contributed by atoms with E-state index in [-0.39, 0.29) is 5.57 Å². The summed E-state index contributed by atoms with van der Waals surface area (Å²) < 4.78 is 12.0. The van der Waals surface area contributed by atoms with E-state index in [0.29, 0.717) is 38.9 Å². The van der Waals surface area contributed by atoms with Gasteiger partial charge in [0.15, 0.2) is 11.5 Å². The largest absolute Gasteiger partial charge is 0.493 e. The number of hydrogen-bond acceptors (Lipinski definition) is 4. The Morgan fingerprint density at radius 2 is 1.91 bits per heavy atom. The number of benzene rings is 3.